The molecule has 3 nitrogen and oxygen atoms in total. The molecular weight excluding hydrogens is 290 g/mol. The van der Waals surface area contributed by atoms with Gasteiger partial charge in [-0.05, 0) is 54.2 Å². The Morgan fingerprint density at radius 3 is 2.86 bits per heavy atom. The summed E-state index contributed by atoms with van der Waals surface area (Å²) in [6.07, 6.45) is 5.54. The van der Waals surface area contributed by atoms with Gasteiger partial charge in [-0.25, -0.2) is 0 Å². The molecule has 4 rings (SSSR count). The minimum Gasteiger partial charge on any atom is -0.318 e. The summed E-state index contributed by atoms with van der Waals surface area (Å²) < 4.78 is 3.32. The Kier molecular flexibility index (Phi) is 3.39. The van der Waals surface area contributed by atoms with Crippen LogP contribution in [-0.4, -0.2) is 10.8 Å². The van der Waals surface area contributed by atoms with Crippen molar-refractivity contribution in [3.8, 4) is 0 Å². The molecule has 0 unspecified atom stereocenters. The normalized spacial score (nSPS) is 15.0. The molecule has 4 heteroatoms. The van der Waals surface area contributed by atoms with E-state index in [1.165, 1.54) is 40.6 Å². The molecule has 0 bridgehead atoms. The molecule has 1 heterocycles. The third kappa shape index (κ3) is 2.40. The maximum Gasteiger partial charge on any atom is 0.211 e. The topological polar surface area (TPSA) is 29.6 Å². The van der Waals surface area contributed by atoms with Crippen molar-refractivity contribution < 1.29 is 0 Å². The fourth-order valence-electron chi connectivity index (χ4n) is 2.99. The smallest absolute Gasteiger partial charge is 0.211 e. The van der Waals surface area contributed by atoms with Crippen LogP contribution in [0, 0.1) is 0 Å². The number of nitrogens with zero attached hydrogens (tertiary/aromatic N) is 3. The van der Waals surface area contributed by atoms with Crippen LogP contribution in [-0.2, 0) is 19.9 Å². The summed E-state index contributed by atoms with van der Waals surface area (Å²) in [5, 5.41) is 8.67. The van der Waals surface area contributed by atoms with E-state index in [2.05, 4.69) is 51.2 Å². The van der Waals surface area contributed by atoms with Crippen LogP contribution in [0.5, 0.6) is 0 Å². The van der Waals surface area contributed by atoms with E-state index in [-0.39, 0.29) is 0 Å². The van der Waals surface area contributed by atoms with Crippen LogP contribution in [0.4, 0.5) is 0 Å². The van der Waals surface area contributed by atoms with E-state index in [1.807, 2.05) is 19.3 Å². The van der Waals surface area contributed by atoms with E-state index >= 15 is 0 Å². The van der Waals surface area contributed by atoms with Crippen LogP contribution in [0.25, 0.3) is 10.2 Å². The zero-order valence-corrected chi connectivity index (χ0v) is 13.3. The minimum atomic E-state index is 0.915. The van der Waals surface area contributed by atoms with Gasteiger partial charge in [0, 0.05) is 7.05 Å². The zero-order chi connectivity index (χ0) is 14.9. The number of rotatable bonds is 2. The molecule has 1 aliphatic rings. The van der Waals surface area contributed by atoms with Crippen molar-refractivity contribution in [1.29, 1.82) is 0 Å². The molecule has 0 amide bonds. The highest BCUT2D eigenvalue weighted by molar-refractivity contribution is 7.16. The number of aryl methyl sites for hydroxylation is 3. The largest absolute Gasteiger partial charge is 0.318 e. The predicted molar refractivity (Wildman–Crippen MR) is 92.4 cm³/mol. The lowest BCUT2D eigenvalue weighted by Crippen LogP contribution is -2.08. The first-order valence-electron chi connectivity index (χ1n) is 7.55. The highest BCUT2D eigenvalue weighted by atomic mass is 32.1. The fourth-order valence-corrected chi connectivity index (χ4v) is 3.97. The van der Waals surface area contributed by atoms with Crippen molar-refractivity contribution in [2.75, 3.05) is 0 Å². The number of fused-ring (bicyclic) bond motifs is 2. The summed E-state index contributed by atoms with van der Waals surface area (Å²) >= 11 is 1.66. The van der Waals surface area contributed by atoms with Gasteiger partial charge < -0.3 is 4.57 Å². The molecule has 1 aromatic heterocycles. The molecule has 0 spiro atoms. The summed E-state index contributed by atoms with van der Waals surface area (Å²) in [6.45, 7) is 0. The molecule has 0 radical (unpaired) electrons. The molecule has 3 aromatic rings. The molecule has 0 saturated heterocycles. The number of hydrogen-bond donors (Lipinski definition) is 0. The lowest BCUT2D eigenvalue weighted by molar-refractivity contribution is 0.889. The van der Waals surface area contributed by atoms with Crippen molar-refractivity contribution in [3.05, 3.63) is 64.0 Å². The third-order valence-electron chi connectivity index (χ3n) is 4.19. The van der Waals surface area contributed by atoms with Gasteiger partial charge in [-0.1, -0.05) is 35.6 Å². The second-order valence-corrected chi connectivity index (χ2v) is 6.65. The van der Waals surface area contributed by atoms with Gasteiger partial charge in [0.15, 0.2) is 0 Å². The van der Waals surface area contributed by atoms with Gasteiger partial charge in [-0.15, -0.1) is 5.10 Å². The van der Waals surface area contributed by atoms with E-state index in [9.17, 15) is 0 Å². The summed E-state index contributed by atoms with van der Waals surface area (Å²) in [5.41, 5.74) is 5.29. The number of benzene rings is 2. The van der Waals surface area contributed by atoms with Crippen LogP contribution >= 0.6 is 11.3 Å². The zero-order valence-electron chi connectivity index (χ0n) is 12.5. The Balaban J connectivity index is 1.66. The first-order chi connectivity index (χ1) is 10.8. The Bertz CT molecular complexity index is 931. The Hall–Kier alpha value is -2.20. The molecular formula is C18H17N3S. The molecule has 110 valence electrons. The lowest BCUT2D eigenvalue weighted by Gasteiger charge is -1.99. The van der Waals surface area contributed by atoms with Gasteiger partial charge in [0.2, 0.25) is 4.80 Å². The number of thiazole rings is 1. The van der Waals surface area contributed by atoms with Crippen molar-refractivity contribution in [3.63, 3.8) is 0 Å². The molecule has 0 N–H and O–H groups in total. The number of para-hydroxylation sites is 1. The van der Waals surface area contributed by atoms with E-state index in [0.29, 0.717) is 0 Å². The highest BCUT2D eigenvalue weighted by Gasteiger charge is 2.09. The minimum absolute atomic E-state index is 0.915. The van der Waals surface area contributed by atoms with Crippen molar-refractivity contribution in [2.45, 2.75) is 19.3 Å². The van der Waals surface area contributed by atoms with Crippen LogP contribution in [0.3, 0.4) is 0 Å². The van der Waals surface area contributed by atoms with Gasteiger partial charge in [0.25, 0.3) is 0 Å². The first-order valence-corrected chi connectivity index (χ1v) is 8.36. The quantitative estimate of drug-likeness (QED) is 0.511. The molecule has 0 fully saturated rings. The maximum absolute atomic E-state index is 4.38. The Morgan fingerprint density at radius 2 is 1.95 bits per heavy atom. The average molecular weight is 307 g/mol. The Morgan fingerprint density at radius 1 is 1.09 bits per heavy atom. The van der Waals surface area contributed by atoms with E-state index in [0.717, 1.165) is 10.4 Å². The fraction of sp³-hybridized carbons (Fsp3) is 0.222. The average Bonchev–Trinajstić information content (AvgIpc) is 3.12. The molecule has 2 aromatic carbocycles. The van der Waals surface area contributed by atoms with Crippen molar-refractivity contribution in [1.82, 2.24) is 4.57 Å². The van der Waals surface area contributed by atoms with Gasteiger partial charge in [-0.2, -0.15) is 5.10 Å². The molecule has 0 saturated carbocycles. The summed E-state index contributed by atoms with van der Waals surface area (Å²) in [6, 6.07) is 14.9. The summed E-state index contributed by atoms with van der Waals surface area (Å²) in [5.74, 6) is 0. The monoisotopic (exact) mass is 307 g/mol. The maximum atomic E-state index is 4.38. The van der Waals surface area contributed by atoms with Gasteiger partial charge in [0.1, 0.15) is 0 Å². The Labute approximate surface area is 133 Å². The first kappa shape index (κ1) is 13.5. The molecule has 22 heavy (non-hydrogen) atoms. The van der Waals surface area contributed by atoms with E-state index in [4.69, 9.17) is 0 Å². The second kappa shape index (κ2) is 5.54. The van der Waals surface area contributed by atoms with E-state index in [1.54, 1.807) is 11.3 Å². The van der Waals surface area contributed by atoms with Crippen LogP contribution in [0.15, 0.2) is 52.7 Å². The van der Waals surface area contributed by atoms with E-state index < -0.39 is 0 Å². The standard InChI is InChI=1S/C18H17N3S/c1-21-16-7-2-3-8-17(16)22-18(21)20-19-12-13-9-10-14-5-4-6-15(14)11-13/h2-3,7-12H,4-6H2,1H3/b19-12?,20-18+. The predicted octanol–water partition coefficient (Wildman–Crippen LogP) is 3.66. The van der Waals surface area contributed by atoms with Gasteiger partial charge in [0.05, 0.1) is 16.4 Å². The summed E-state index contributed by atoms with van der Waals surface area (Å²) in [4.78, 5) is 0.915. The van der Waals surface area contributed by atoms with Crippen molar-refractivity contribution >= 4 is 27.8 Å². The number of aromatic nitrogens is 1. The third-order valence-corrected chi connectivity index (χ3v) is 5.29. The molecule has 0 aliphatic heterocycles. The molecule has 1 aliphatic carbocycles. The van der Waals surface area contributed by atoms with Crippen LogP contribution < -0.4 is 4.80 Å². The van der Waals surface area contributed by atoms with Gasteiger partial charge in [-0.3, -0.25) is 0 Å². The number of hydrogen-bond acceptors (Lipinski definition) is 3. The lowest BCUT2D eigenvalue weighted by atomic mass is 10.1. The highest BCUT2D eigenvalue weighted by Crippen LogP contribution is 2.22. The van der Waals surface area contributed by atoms with Crippen LogP contribution in [0.1, 0.15) is 23.1 Å². The second-order valence-electron chi connectivity index (χ2n) is 5.64. The van der Waals surface area contributed by atoms with Crippen LogP contribution in [0.2, 0.25) is 0 Å². The van der Waals surface area contributed by atoms with Gasteiger partial charge >= 0.3 is 0 Å². The SMILES string of the molecule is Cn1/c(=N\N=Cc2ccc3c(c2)CCC3)sc2ccccc21. The molecule has 0 atom stereocenters. The summed E-state index contributed by atoms with van der Waals surface area (Å²) in [7, 11) is 2.03. The van der Waals surface area contributed by atoms with Crippen molar-refractivity contribution in [2.24, 2.45) is 17.3 Å².